The highest BCUT2D eigenvalue weighted by atomic mass is 32.2. The smallest absolute Gasteiger partial charge is 0.261 e. The lowest BCUT2D eigenvalue weighted by Gasteiger charge is -2.08. The van der Waals surface area contributed by atoms with Crippen molar-refractivity contribution in [1.29, 1.82) is 0 Å². The Kier molecular flexibility index (Phi) is 4.18. The summed E-state index contributed by atoms with van der Waals surface area (Å²) in [5.74, 6) is -0.0890. The molecule has 2 rings (SSSR count). The van der Waals surface area contributed by atoms with Crippen LogP contribution in [-0.4, -0.2) is 20.5 Å². The van der Waals surface area contributed by atoms with Gasteiger partial charge in [-0.2, -0.15) is 0 Å². The molecule has 0 spiro atoms. The van der Waals surface area contributed by atoms with Crippen molar-refractivity contribution in [3.63, 3.8) is 0 Å². The van der Waals surface area contributed by atoms with Gasteiger partial charge in [0.1, 0.15) is 6.29 Å². The van der Waals surface area contributed by atoms with Crippen LogP contribution < -0.4 is 4.72 Å². The van der Waals surface area contributed by atoms with Crippen molar-refractivity contribution in [2.24, 2.45) is 0 Å². The van der Waals surface area contributed by atoms with Gasteiger partial charge in [0.05, 0.1) is 4.90 Å². The summed E-state index contributed by atoms with van der Waals surface area (Å²) in [4.78, 5) is 21.8. The molecule has 0 aliphatic rings. The van der Waals surface area contributed by atoms with Crippen molar-refractivity contribution in [2.75, 3.05) is 4.72 Å². The molecule has 0 saturated carbocycles. The molecule has 6 heteroatoms. The molecule has 0 saturated heterocycles. The minimum atomic E-state index is -3.72. The van der Waals surface area contributed by atoms with E-state index in [1.807, 2.05) is 0 Å². The van der Waals surface area contributed by atoms with Crippen LogP contribution in [0.5, 0.6) is 0 Å². The Morgan fingerprint density at radius 2 is 1.57 bits per heavy atom. The fraction of sp³-hybridized carbons (Fsp3) is 0.0667. The Morgan fingerprint density at radius 3 is 2.05 bits per heavy atom. The standard InChI is InChI=1S/C15H13NO4S/c1-11(18)13-4-6-14(7-5-13)16-21(19,20)15-8-2-12(10-17)3-9-15/h2-10,16H,1H3. The van der Waals surface area contributed by atoms with Gasteiger partial charge in [0.2, 0.25) is 0 Å². The number of benzene rings is 2. The van der Waals surface area contributed by atoms with Crippen LogP contribution in [0.3, 0.4) is 0 Å². The lowest BCUT2D eigenvalue weighted by molar-refractivity contribution is 0.101. The number of sulfonamides is 1. The third kappa shape index (κ3) is 3.55. The number of hydrogen-bond acceptors (Lipinski definition) is 4. The summed E-state index contributed by atoms with van der Waals surface area (Å²) in [7, 11) is -3.72. The normalized spacial score (nSPS) is 10.9. The van der Waals surface area contributed by atoms with Gasteiger partial charge < -0.3 is 0 Å². The van der Waals surface area contributed by atoms with Gasteiger partial charge >= 0.3 is 0 Å². The summed E-state index contributed by atoms with van der Waals surface area (Å²) in [5.41, 5.74) is 1.27. The van der Waals surface area contributed by atoms with Gasteiger partial charge in [-0.25, -0.2) is 8.42 Å². The van der Waals surface area contributed by atoms with E-state index < -0.39 is 10.0 Å². The second kappa shape index (κ2) is 5.88. The minimum absolute atomic E-state index is 0.0590. The predicted molar refractivity (Wildman–Crippen MR) is 79.1 cm³/mol. The maximum atomic E-state index is 12.2. The number of carbonyl (C=O) groups excluding carboxylic acids is 2. The number of nitrogens with one attached hydrogen (secondary N) is 1. The van der Waals surface area contributed by atoms with E-state index in [9.17, 15) is 18.0 Å². The summed E-state index contributed by atoms with van der Waals surface area (Å²) in [6, 6.07) is 11.7. The highest BCUT2D eigenvalue weighted by Crippen LogP contribution is 2.17. The maximum Gasteiger partial charge on any atom is 0.261 e. The first kappa shape index (κ1) is 14.9. The van der Waals surface area contributed by atoms with Crippen LogP contribution in [0, 0.1) is 0 Å². The van der Waals surface area contributed by atoms with Gasteiger partial charge in [-0.05, 0) is 43.3 Å². The Balaban J connectivity index is 2.23. The number of ketones is 1. The quantitative estimate of drug-likeness (QED) is 0.680. The Morgan fingerprint density at radius 1 is 1.00 bits per heavy atom. The zero-order valence-electron chi connectivity index (χ0n) is 11.2. The number of aldehydes is 1. The SMILES string of the molecule is CC(=O)c1ccc(NS(=O)(=O)c2ccc(C=O)cc2)cc1. The number of Topliss-reactive ketones (excluding diaryl/α,β-unsaturated/α-hetero) is 1. The largest absolute Gasteiger partial charge is 0.298 e. The molecule has 0 atom stereocenters. The molecule has 2 aromatic rings. The van der Waals surface area contributed by atoms with E-state index in [1.165, 1.54) is 43.3 Å². The van der Waals surface area contributed by atoms with Gasteiger partial charge in [0.15, 0.2) is 5.78 Å². The molecule has 0 aliphatic heterocycles. The van der Waals surface area contributed by atoms with E-state index >= 15 is 0 Å². The highest BCUT2D eigenvalue weighted by molar-refractivity contribution is 7.92. The van der Waals surface area contributed by atoms with Gasteiger partial charge in [-0.1, -0.05) is 12.1 Å². The van der Waals surface area contributed by atoms with Crippen molar-refractivity contribution in [2.45, 2.75) is 11.8 Å². The van der Waals surface area contributed by atoms with Crippen LogP contribution in [0.25, 0.3) is 0 Å². The Bertz CT molecular complexity index is 762. The van der Waals surface area contributed by atoms with Gasteiger partial charge in [0, 0.05) is 16.8 Å². The Hall–Kier alpha value is -2.47. The zero-order chi connectivity index (χ0) is 15.5. The third-order valence-corrected chi connectivity index (χ3v) is 4.27. The fourth-order valence-corrected chi connectivity index (χ4v) is 2.77. The monoisotopic (exact) mass is 303 g/mol. The maximum absolute atomic E-state index is 12.2. The molecule has 1 N–H and O–H groups in total. The molecule has 0 radical (unpaired) electrons. The molecular weight excluding hydrogens is 290 g/mol. The number of rotatable bonds is 5. The average molecular weight is 303 g/mol. The summed E-state index contributed by atoms with van der Waals surface area (Å²) in [6.45, 7) is 1.44. The molecule has 0 fully saturated rings. The summed E-state index contributed by atoms with van der Waals surface area (Å²) in [5, 5.41) is 0. The molecule has 108 valence electrons. The van der Waals surface area contributed by atoms with Crippen molar-refractivity contribution in [3.8, 4) is 0 Å². The first-order valence-corrected chi connectivity index (χ1v) is 7.60. The summed E-state index contributed by atoms with van der Waals surface area (Å²) in [6.07, 6.45) is 0.643. The van der Waals surface area contributed by atoms with Gasteiger partial charge in [-0.3, -0.25) is 14.3 Å². The van der Waals surface area contributed by atoms with E-state index in [0.717, 1.165) is 0 Å². The molecule has 0 unspecified atom stereocenters. The average Bonchev–Trinajstić information content (AvgIpc) is 2.47. The van der Waals surface area contributed by atoms with E-state index in [0.29, 0.717) is 23.1 Å². The molecule has 0 amide bonds. The molecule has 21 heavy (non-hydrogen) atoms. The van der Waals surface area contributed by atoms with E-state index in [4.69, 9.17) is 0 Å². The fourth-order valence-electron chi connectivity index (χ4n) is 1.71. The number of hydrogen-bond donors (Lipinski definition) is 1. The van der Waals surface area contributed by atoms with Gasteiger partial charge in [-0.15, -0.1) is 0 Å². The van der Waals surface area contributed by atoms with E-state index in [1.54, 1.807) is 12.1 Å². The van der Waals surface area contributed by atoms with Crippen LogP contribution in [0.15, 0.2) is 53.4 Å². The molecular formula is C15H13NO4S. The molecule has 0 bridgehead atoms. The third-order valence-electron chi connectivity index (χ3n) is 2.87. The highest BCUT2D eigenvalue weighted by Gasteiger charge is 2.14. The predicted octanol–water partition coefficient (Wildman–Crippen LogP) is 2.50. The van der Waals surface area contributed by atoms with Crippen molar-refractivity contribution >= 4 is 27.8 Å². The molecule has 0 aromatic heterocycles. The van der Waals surface area contributed by atoms with Crippen molar-refractivity contribution < 1.29 is 18.0 Å². The zero-order valence-corrected chi connectivity index (χ0v) is 12.1. The summed E-state index contributed by atoms with van der Waals surface area (Å²) < 4.78 is 26.7. The second-order valence-electron chi connectivity index (χ2n) is 4.43. The molecule has 5 nitrogen and oxygen atoms in total. The van der Waals surface area contributed by atoms with Crippen molar-refractivity contribution in [3.05, 3.63) is 59.7 Å². The van der Waals surface area contributed by atoms with E-state index in [-0.39, 0.29) is 10.7 Å². The lowest BCUT2D eigenvalue weighted by atomic mass is 10.1. The van der Waals surface area contributed by atoms with E-state index in [2.05, 4.69) is 4.72 Å². The Labute approximate surface area is 122 Å². The molecule has 0 aliphatic carbocycles. The van der Waals surface area contributed by atoms with Crippen LogP contribution in [0.2, 0.25) is 0 Å². The van der Waals surface area contributed by atoms with Crippen LogP contribution in [-0.2, 0) is 10.0 Å². The lowest BCUT2D eigenvalue weighted by Crippen LogP contribution is -2.13. The van der Waals surface area contributed by atoms with Crippen LogP contribution >= 0.6 is 0 Å². The minimum Gasteiger partial charge on any atom is -0.298 e. The first-order chi connectivity index (χ1) is 9.92. The summed E-state index contributed by atoms with van der Waals surface area (Å²) >= 11 is 0. The topological polar surface area (TPSA) is 80.3 Å². The number of carbonyl (C=O) groups is 2. The van der Waals surface area contributed by atoms with Crippen LogP contribution in [0.1, 0.15) is 27.6 Å². The van der Waals surface area contributed by atoms with Gasteiger partial charge in [0.25, 0.3) is 10.0 Å². The number of anilines is 1. The first-order valence-electron chi connectivity index (χ1n) is 6.11. The van der Waals surface area contributed by atoms with Crippen LogP contribution in [0.4, 0.5) is 5.69 Å². The molecule has 2 aromatic carbocycles. The second-order valence-corrected chi connectivity index (χ2v) is 6.11. The van der Waals surface area contributed by atoms with Crippen molar-refractivity contribution in [1.82, 2.24) is 0 Å². The molecule has 0 heterocycles.